The lowest BCUT2D eigenvalue weighted by Crippen LogP contribution is -2.41. The Labute approximate surface area is 172 Å². The number of carboxylic acid groups (broad SMARTS) is 1. The van der Waals surface area contributed by atoms with Crippen molar-refractivity contribution in [1.82, 2.24) is 4.90 Å². The van der Waals surface area contributed by atoms with Gasteiger partial charge in [0.15, 0.2) is 11.5 Å². The maximum absolute atomic E-state index is 11.6. The fourth-order valence-electron chi connectivity index (χ4n) is 3.65. The number of hydrogen-bond acceptors (Lipinski definition) is 5. The molecule has 0 aliphatic carbocycles. The van der Waals surface area contributed by atoms with E-state index < -0.39 is 5.97 Å². The molecule has 0 amide bonds. The van der Waals surface area contributed by atoms with Crippen molar-refractivity contribution in [1.29, 1.82) is 0 Å². The first-order valence-corrected chi connectivity index (χ1v) is 10.5. The molecule has 0 saturated carbocycles. The average molecular weight is 454 g/mol. The summed E-state index contributed by atoms with van der Waals surface area (Å²) < 4.78 is 11.9. The Hall–Kier alpha value is -1.57. The third kappa shape index (κ3) is 4.31. The summed E-state index contributed by atoms with van der Waals surface area (Å²) in [5, 5.41) is 11.7. The number of aliphatic carboxylic acids is 1. The first-order chi connectivity index (χ1) is 12.9. The van der Waals surface area contributed by atoms with Gasteiger partial charge in [0.25, 0.3) is 0 Å². The molecule has 2 atom stereocenters. The number of ether oxygens (including phenoxy) is 2. The van der Waals surface area contributed by atoms with Crippen LogP contribution in [-0.2, 0) is 4.79 Å². The zero-order valence-corrected chi connectivity index (χ0v) is 18.1. The number of rotatable bonds is 6. The summed E-state index contributed by atoms with van der Waals surface area (Å²) in [6, 6.07) is 6.07. The second-order valence-corrected chi connectivity index (χ2v) is 8.63. The van der Waals surface area contributed by atoms with Crippen molar-refractivity contribution < 1.29 is 19.4 Å². The van der Waals surface area contributed by atoms with Crippen LogP contribution in [0.15, 0.2) is 28.1 Å². The van der Waals surface area contributed by atoms with E-state index in [1.54, 1.807) is 25.6 Å². The molecule has 146 valence electrons. The van der Waals surface area contributed by atoms with Crippen LogP contribution in [0.4, 0.5) is 0 Å². The monoisotopic (exact) mass is 453 g/mol. The minimum Gasteiger partial charge on any atom is -0.493 e. The normalized spacial score (nSPS) is 18.9. The van der Waals surface area contributed by atoms with Crippen molar-refractivity contribution in [2.24, 2.45) is 5.92 Å². The lowest BCUT2D eigenvalue weighted by atomic mass is 9.94. The van der Waals surface area contributed by atoms with Crippen molar-refractivity contribution in [2.45, 2.75) is 25.8 Å². The first-order valence-electron chi connectivity index (χ1n) is 8.88. The molecule has 1 aromatic carbocycles. The molecule has 5 nitrogen and oxygen atoms in total. The van der Waals surface area contributed by atoms with Gasteiger partial charge in [-0.1, -0.05) is 15.9 Å². The molecule has 7 heteroatoms. The highest BCUT2D eigenvalue weighted by Gasteiger charge is 2.33. The number of likely N-dealkylation sites (tertiary alicyclic amines) is 1. The largest absolute Gasteiger partial charge is 0.493 e. The molecule has 27 heavy (non-hydrogen) atoms. The molecular formula is C20H24BrNO4S. The predicted octanol–water partition coefficient (Wildman–Crippen LogP) is 4.72. The number of thiophene rings is 1. The molecule has 2 aromatic rings. The lowest BCUT2D eigenvalue weighted by Gasteiger charge is -2.37. The molecule has 1 aliphatic rings. The van der Waals surface area contributed by atoms with Gasteiger partial charge in [-0.05, 0) is 61.0 Å². The Kier molecular flexibility index (Phi) is 6.44. The van der Waals surface area contributed by atoms with Gasteiger partial charge in [-0.3, -0.25) is 9.69 Å². The van der Waals surface area contributed by atoms with Crippen LogP contribution in [0.3, 0.4) is 0 Å². The Morgan fingerprint density at radius 3 is 2.59 bits per heavy atom. The van der Waals surface area contributed by atoms with Gasteiger partial charge in [-0.15, -0.1) is 11.3 Å². The Morgan fingerprint density at radius 2 is 2.00 bits per heavy atom. The van der Waals surface area contributed by atoms with Crippen LogP contribution in [0.2, 0.25) is 0 Å². The number of methoxy groups -OCH3 is 2. The zero-order chi connectivity index (χ0) is 19.6. The van der Waals surface area contributed by atoms with Gasteiger partial charge in [0.1, 0.15) is 0 Å². The van der Waals surface area contributed by atoms with Crippen LogP contribution in [-0.4, -0.2) is 43.3 Å². The summed E-state index contributed by atoms with van der Waals surface area (Å²) in [7, 11) is 3.24. The maximum Gasteiger partial charge on any atom is 0.307 e. The van der Waals surface area contributed by atoms with E-state index in [2.05, 4.69) is 39.2 Å². The van der Waals surface area contributed by atoms with Crippen molar-refractivity contribution in [3.63, 3.8) is 0 Å². The number of nitrogens with zero attached hydrogens (tertiary/aromatic N) is 1. The van der Waals surface area contributed by atoms with E-state index in [-0.39, 0.29) is 12.0 Å². The van der Waals surface area contributed by atoms with Gasteiger partial charge in [0, 0.05) is 15.9 Å². The second-order valence-electron chi connectivity index (χ2n) is 6.83. The summed E-state index contributed by atoms with van der Waals surface area (Å²) in [6.45, 7) is 3.49. The van der Waals surface area contributed by atoms with Gasteiger partial charge in [-0.2, -0.15) is 0 Å². The van der Waals surface area contributed by atoms with Crippen LogP contribution in [0.25, 0.3) is 0 Å². The van der Waals surface area contributed by atoms with E-state index in [0.717, 1.165) is 29.4 Å². The maximum atomic E-state index is 11.6. The van der Waals surface area contributed by atoms with Gasteiger partial charge < -0.3 is 14.6 Å². The van der Waals surface area contributed by atoms with E-state index in [1.165, 1.54) is 10.4 Å². The van der Waals surface area contributed by atoms with E-state index >= 15 is 0 Å². The topological polar surface area (TPSA) is 59.0 Å². The molecule has 0 spiro atoms. The number of piperidine rings is 1. The zero-order valence-electron chi connectivity index (χ0n) is 15.7. The molecule has 3 rings (SSSR count). The second kappa shape index (κ2) is 8.63. The Bertz CT molecular complexity index is 822. The number of benzene rings is 1. The van der Waals surface area contributed by atoms with E-state index in [0.29, 0.717) is 18.0 Å². The smallest absolute Gasteiger partial charge is 0.307 e. The Morgan fingerprint density at radius 1 is 1.30 bits per heavy atom. The van der Waals surface area contributed by atoms with Crippen LogP contribution < -0.4 is 9.47 Å². The molecule has 1 aliphatic heterocycles. The fourth-order valence-corrected chi connectivity index (χ4v) is 5.24. The summed E-state index contributed by atoms with van der Waals surface area (Å²) in [5.74, 6) is 0.283. The number of carboxylic acids is 1. The summed E-state index contributed by atoms with van der Waals surface area (Å²) >= 11 is 5.40. The number of hydrogen-bond donors (Lipinski definition) is 1. The number of carbonyl (C=O) groups is 1. The van der Waals surface area contributed by atoms with Crippen LogP contribution in [0.5, 0.6) is 11.5 Å². The average Bonchev–Trinajstić information content (AvgIpc) is 3.09. The van der Waals surface area contributed by atoms with Crippen molar-refractivity contribution in [3.8, 4) is 11.5 Å². The summed E-state index contributed by atoms with van der Waals surface area (Å²) in [4.78, 5) is 15.1. The van der Waals surface area contributed by atoms with Gasteiger partial charge in [0.2, 0.25) is 0 Å². The van der Waals surface area contributed by atoms with Gasteiger partial charge in [0.05, 0.1) is 26.2 Å². The van der Waals surface area contributed by atoms with E-state index in [4.69, 9.17) is 9.47 Å². The van der Waals surface area contributed by atoms with E-state index in [1.807, 2.05) is 12.1 Å². The highest BCUT2D eigenvalue weighted by molar-refractivity contribution is 9.10. The number of halogens is 1. The highest BCUT2D eigenvalue weighted by Crippen LogP contribution is 2.43. The van der Waals surface area contributed by atoms with E-state index in [9.17, 15) is 9.90 Å². The van der Waals surface area contributed by atoms with Gasteiger partial charge in [-0.25, -0.2) is 0 Å². The van der Waals surface area contributed by atoms with Crippen molar-refractivity contribution in [3.05, 3.63) is 44.1 Å². The molecule has 1 saturated heterocycles. The quantitative estimate of drug-likeness (QED) is 0.685. The minimum absolute atomic E-state index is 0.0277. The molecule has 1 fully saturated rings. The minimum atomic E-state index is -0.716. The standard InChI is InChI=1S/C20H24BrNO4S/c1-12-7-18(27-11-12)19(22-6-4-5-13(10-22)20(23)24)14-8-16(25-2)17(26-3)9-15(14)21/h7-9,11,13,19H,4-6,10H2,1-3H3,(H,23,24). The lowest BCUT2D eigenvalue weighted by molar-refractivity contribution is -0.143. The van der Waals surface area contributed by atoms with Crippen molar-refractivity contribution >= 4 is 33.2 Å². The molecule has 2 heterocycles. The molecular weight excluding hydrogens is 430 g/mol. The third-order valence-electron chi connectivity index (χ3n) is 4.98. The van der Waals surface area contributed by atoms with Crippen LogP contribution in [0.1, 0.15) is 34.9 Å². The molecule has 1 aromatic heterocycles. The van der Waals surface area contributed by atoms with Crippen LogP contribution in [0, 0.1) is 12.8 Å². The highest BCUT2D eigenvalue weighted by atomic mass is 79.9. The number of aryl methyl sites for hydroxylation is 1. The third-order valence-corrected chi connectivity index (χ3v) is 6.77. The molecule has 2 unspecified atom stereocenters. The first kappa shape index (κ1) is 20.2. The molecule has 0 bridgehead atoms. The van der Waals surface area contributed by atoms with Crippen LogP contribution >= 0.6 is 27.3 Å². The summed E-state index contributed by atoms with van der Waals surface area (Å²) in [5.41, 5.74) is 2.27. The van der Waals surface area contributed by atoms with Crippen molar-refractivity contribution in [2.75, 3.05) is 27.3 Å². The molecule has 0 radical (unpaired) electrons. The molecule has 1 N–H and O–H groups in total. The van der Waals surface area contributed by atoms with Gasteiger partial charge >= 0.3 is 5.97 Å². The fraction of sp³-hybridized carbons (Fsp3) is 0.450. The Balaban J connectivity index is 2.07. The SMILES string of the molecule is COc1cc(Br)c(C(c2cc(C)cs2)N2CCCC(C(=O)O)C2)cc1OC. The summed E-state index contributed by atoms with van der Waals surface area (Å²) in [6.07, 6.45) is 1.61. The predicted molar refractivity (Wildman–Crippen MR) is 110 cm³/mol.